The number of fused-ring (bicyclic) bond motifs is 1. The average molecular weight is 354 g/mol. The molecule has 136 valence electrons. The van der Waals surface area contributed by atoms with E-state index in [4.69, 9.17) is 9.47 Å². The summed E-state index contributed by atoms with van der Waals surface area (Å²) in [5.74, 6) is 1.03. The number of ether oxygens (including phenoxy) is 2. The van der Waals surface area contributed by atoms with Crippen LogP contribution in [0.25, 0.3) is 0 Å². The van der Waals surface area contributed by atoms with Gasteiger partial charge in [-0.05, 0) is 36.8 Å². The summed E-state index contributed by atoms with van der Waals surface area (Å²) in [5.41, 5.74) is 2.19. The highest BCUT2D eigenvalue weighted by molar-refractivity contribution is 6.04. The smallest absolute Gasteiger partial charge is 0.231 e. The second-order valence-corrected chi connectivity index (χ2v) is 6.25. The van der Waals surface area contributed by atoms with Gasteiger partial charge in [-0.15, -0.1) is 0 Å². The summed E-state index contributed by atoms with van der Waals surface area (Å²) >= 11 is 0. The van der Waals surface area contributed by atoms with E-state index in [1.807, 2.05) is 37.3 Å². The molecule has 6 heteroatoms. The van der Waals surface area contributed by atoms with E-state index in [1.54, 1.807) is 31.3 Å². The van der Waals surface area contributed by atoms with Gasteiger partial charge in [-0.25, -0.2) is 0 Å². The summed E-state index contributed by atoms with van der Waals surface area (Å²) in [7, 11) is 3.14. The fourth-order valence-corrected chi connectivity index (χ4v) is 3.22. The number of nitrogens with zero attached hydrogens (tertiary/aromatic N) is 1. The van der Waals surface area contributed by atoms with Crippen molar-refractivity contribution in [1.82, 2.24) is 0 Å². The van der Waals surface area contributed by atoms with Crippen LogP contribution in [-0.2, 0) is 16.0 Å². The van der Waals surface area contributed by atoms with E-state index in [2.05, 4.69) is 5.32 Å². The summed E-state index contributed by atoms with van der Waals surface area (Å²) in [4.78, 5) is 26.8. The molecule has 1 aliphatic rings. The Morgan fingerprint density at radius 1 is 1.15 bits per heavy atom. The van der Waals surface area contributed by atoms with Gasteiger partial charge < -0.3 is 19.7 Å². The molecule has 26 heavy (non-hydrogen) atoms. The Bertz CT molecular complexity index is 834. The molecule has 2 amide bonds. The molecule has 0 aliphatic carbocycles. The lowest BCUT2D eigenvalue weighted by atomic mass is 10.1. The summed E-state index contributed by atoms with van der Waals surface area (Å²) in [6.45, 7) is 1.88. The van der Waals surface area contributed by atoms with Crippen LogP contribution >= 0.6 is 0 Å². The van der Waals surface area contributed by atoms with Gasteiger partial charge in [0.05, 0.1) is 32.0 Å². The molecule has 0 saturated heterocycles. The van der Waals surface area contributed by atoms with Crippen LogP contribution in [0.2, 0.25) is 0 Å². The first-order valence-corrected chi connectivity index (χ1v) is 8.45. The van der Waals surface area contributed by atoms with Gasteiger partial charge in [0.2, 0.25) is 11.8 Å². The fourth-order valence-electron chi connectivity index (χ4n) is 3.22. The van der Waals surface area contributed by atoms with E-state index < -0.39 is 0 Å². The van der Waals surface area contributed by atoms with Crippen molar-refractivity contribution in [2.24, 2.45) is 0 Å². The van der Waals surface area contributed by atoms with Crippen molar-refractivity contribution >= 4 is 23.2 Å². The van der Waals surface area contributed by atoms with Gasteiger partial charge in [0.1, 0.15) is 0 Å². The number of anilines is 2. The van der Waals surface area contributed by atoms with E-state index >= 15 is 0 Å². The molecule has 0 saturated carbocycles. The minimum absolute atomic E-state index is 0.0753. The van der Waals surface area contributed by atoms with Gasteiger partial charge in [-0.2, -0.15) is 0 Å². The van der Waals surface area contributed by atoms with Gasteiger partial charge in [-0.3, -0.25) is 9.59 Å². The van der Waals surface area contributed by atoms with Crippen LogP contribution in [0, 0.1) is 0 Å². The quantitative estimate of drug-likeness (QED) is 0.916. The molecule has 3 rings (SSSR count). The first-order valence-electron chi connectivity index (χ1n) is 8.45. The minimum atomic E-state index is -0.230. The van der Waals surface area contributed by atoms with Crippen LogP contribution in [0.4, 0.5) is 11.4 Å². The number of carbonyl (C=O) groups excluding carboxylic acids is 2. The molecule has 1 heterocycles. The molecule has 0 bridgehead atoms. The maximum atomic E-state index is 13.1. The third kappa shape index (κ3) is 3.49. The Labute approximate surface area is 152 Å². The van der Waals surface area contributed by atoms with Gasteiger partial charge in [0.15, 0.2) is 11.5 Å². The van der Waals surface area contributed by atoms with Gasteiger partial charge in [-0.1, -0.05) is 18.2 Å². The van der Waals surface area contributed by atoms with Crippen LogP contribution in [0.5, 0.6) is 11.5 Å². The predicted octanol–water partition coefficient (Wildman–Crippen LogP) is 3.01. The van der Waals surface area contributed by atoms with Crippen LogP contribution in [0.3, 0.4) is 0 Å². The normalized spacial score (nSPS) is 16.3. The highest BCUT2D eigenvalue weighted by Crippen LogP contribution is 2.32. The monoisotopic (exact) mass is 354 g/mol. The number of methoxy groups -OCH3 is 2. The maximum absolute atomic E-state index is 13.1. The van der Waals surface area contributed by atoms with Crippen LogP contribution in [-0.4, -0.2) is 32.1 Å². The fraction of sp³-hybridized carbons (Fsp3) is 0.300. The average Bonchev–Trinajstić information content (AvgIpc) is 2.75. The van der Waals surface area contributed by atoms with E-state index in [9.17, 15) is 9.59 Å². The number of benzene rings is 2. The van der Waals surface area contributed by atoms with E-state index in [0.717, 1.165) is 11.3 Å². The van der Waals surface area contributed by atoms with Gasteiger partial charge in [0.25, 0.3) is 0 Å². The lowest BCUT2D eigenvalue weighted by Gasteiger charge is -2.28. The zero-order valence-corrected chi connectivity index (χ0v) is 15.1. The predicted molar refractivity (Wildman–Crippen MR) is 99.9 cm³/mol. The maximum Gasteiger partial charge on any atom is 0.231 e. The van der Waals surface area contributed by atoms with Crippen molar-refractivity contribution in [1.29, 1.82) is 0 Å². The molecule has 0 spiro atoms. The van der Waals surface area contributed by atoms with Crippen molar-refractivity contribution < 1.29 is 19.1 Å². The summed E-state index contributed by atoms with van der Waals surface area (Å²) in [6, 6.07) is 12.6. The van der Waals surface area contributed by atoms with Gasteiger partial charge in [0, 0.05) is 12.5 Å². The lowest BCUT2D eigenvalue weighted by molar-refractivity contribution is -0.118. The zero-order chi connectivity index (χ0) is 18.7. The molecular formula is C20H22N2O4. The largest absolute Gasteiger partial charge is 0.493 e. The summed E-state index contributed by atoms with van der Waals surface area (Å²) < 4.78 is 10.5. The molecule has 0 aromatic heterocycles. The molecule has 0 fully saturated rings. The first kappa shape index (κ1) is 17.8. The second kappa shape index (κ2) is 7.47. The molecule has 1 aliphatic heterocycles. The number of amides is 2. The SMILES string of the molecule is COc1ccc(CC(=O)N2c3ccccc3NC(=O)CC2C)cc1OC. The van der Waals surface area contributed by atoms with Crippen LogP contribution < -0.4 is 19.7 Å². The topological polar surface area (TPSA) is 67.9 Å². The Morgan fingerprint density at radius 2 is 1.88 bits per heavy atom. The summed E-state index contributed by atoms with van der Waals surface area (Å²) in [6.07, 6.45) is 0.458. The first-order chi connectivity index (χ1) is 12.5. The van der Waals surface area contributed by atoms with Crippen molar-refractivity contribution in [3.8, 4) is 11.5 Å². The molecule has 6 nitrogen and oxygen atoms in total. The summed E-state index contributed by atoms with van der Waals surface area (Å²) in [5, 5.41) is 2.87. The van der Waals surface area contributed by atoms with Crippen LogP contribution in [0.15, 0.2) is 42.5 Å². The standard InChI is InChI=1S/C20H22N2O4/c1-13-10-19(23)21-15-6-4-5-7-16(15)22(13)20(24)12-14-8-9-17(25-2)18(11-14)26-3/h4-9,11,13H,10,12H2,1-3H3,(H,21,23). The van der Waals surface area contributed by atoms with Crippen molar-refractivity contribution in [3.63, 3.8) is 0 Å². The Hall–Kier alpha value is -3.02. The third-order valence-electron chi connectivity index (χ3n) is 4.43. The number of hydrogen-bond donors (Lipinski definition) is 1. The molecule has 2 aromatic carbocycles. The zero-order valence-electron chi connectivity index (χ0n) is 15.1. The van der Waals surface area contributed by atoms with Crippen molar-refractivity contribution in [2.75, 3.05) is 24.4 Å². The molecule has 1 unspecified atom stereocenters. The number of rotatable bonds is 4. The van der Waals surface area contributed by atoms with Gasteiger partial charge >= 0.3 is 0 Å². The Morgan fingerprint density at radius 3 is 2.62 bits per heavy atom. The van der Waals surface area contributed by atoms with E-state index in [1.165, 1.54) is 0 Å². The highest BCUT2D eigenvalue weighted by atomic mass is 16.5. The van der Waals surface area contributed by atoms with Crippen molar-refractivity contribution in [2.45, 2.75) is 25.8 Å². The lowest BCUT2D eigenvalue weighted by Crippen LogP contribution is -2.40. The number of carbonyl (C=O) groups is 2. The highest BCUT2D eigenvalue weighted by Gasteiger charge is 2.29. The number of para-hydroxylation sites is 2. The molecule has 2 aromatic rings. The molecule has 1 atom stereocenters. The van der Waals surface area contributed by atoms with E-state index in [0.29, 0.717) is 17.2 Å². The third-order valence-corrected chi connectivity index (χ3v) is 4.43. The Balaban J connectivity index is 1.90. The second-order valence-electron chi connectivity index (χ2n) is 6.25. The molecule has 0 radical (unpaired) electrons. The Kier molecular flexibility index (Phi) is 5.11. The van der Waals surface area contributed by atoms with Crippen LogP contribution in [0.1, 0.15) is 18.9 Å². The number of hydrogen-bond acceptors (Lipinski definition) is 4. The molecular weight excluding hydrogens is 332 g/mol. The number of nitrogens with one attached hydrogen (secondary N) is 1. The van der Waals surface area contributed by atoms with E-state index in [-0.39, 0.29) is 30.7 Å². The van der Waals surface area contributed by atoms with Crippen molar-refractivity contribution in [3.05, 3.63) is 48.0 Å². The minimum Gasteiger partial charge on any atom is -0.493 e. The molecule has 1 N–H and O–H groups in total.